The second kappa shape index (κ2) is 6.22. The van der Waals surface area contributed by atoms with Gasteiger partial charge >= 0.3 is 0 Å². The van der Waals surface area contributed by atoms with Gasteiger partial charge in [0.2, 0.25) is 5.91 Å². The smallest absolute Gasteiger partial charge is 0.242 e. The monoisotopic (exact) mass is 260 g/mol. The highest BCUT2D eigenvalue weighted by Crippen LogP contribution is 2.18. The number of aryl methyl sites for hydroxylation is 1. The van der Waals surface area contributed by atoms with Crippen LogP contribution in [0.2, 0.25) is 0 Å². The average Bonchev–Trinajstić information content (AvgIpc) is 3.21. The van der Waals surface area contributed by atoms with Gasteiger partial charge < -0.3 is 16.4 Å². The van der Waals surface area contributed by atoms with Crippen LogP contribution in [0.25, 0.3) is 0 Å². The van der Waals surface area contributed by atoms with E-state index in [0.29, 0.717) is 6.04 Å². The Hall–Kier alpha value is -2.04. The second-order valence-electron chi connectivity index (χ2n) is 4.72. The summed E-state index contributed by atoms with van der Waals surface area (Å²) in [7, 11) is 0. The van der Waals surface area contributed by atoms with Crippen LogP contribution in [0.5, 0.6) is 0 Å². The normalized spacial score (nSPS) is 15.1. The molecule has 4 N–H and O–H groups in total. The summed E-state index contributed by atoms with van der Waals surface area (Å²) in [5.41, 5.74) is 7.87. The molecule has 0 unspecified atom stereocenters. The number of benzene rings is 1. The molecule has 0 heterocycles. The van der Waals surface area contributed by atoms with Crippen molar-refractivity contribution in [1.82, 2.24) is 5.32 Å². The molecular weight excluding hydrogens is 240 g/mol. The van der Waals surface area contributed by atoms with Gasteiger partial charge in [0, 0.05) is 11.7 Å². The lowest BCUT2D eigenvalue weighted by Crippen LogP contribution is -2.30. The zero-order valence-corrected chi connectivity index (χ0v) is 11.1. The lowest BCUT2D eigenvalue weighted by molar-refractivity contribution is -0.119. The minimum atomic E-state index is -0.0754. The topological polar surface area (TPSA) is 79.5 Å². The van der Waals surface area contributed by atoms with E-state index >= 15 is 0 Å². The summed E-state index contributed by atoms with van der Waals surface area (Å²) in [6.45, 7) is 2.18. The van der Waals surface area contributed by atoms with E-state index in [0.717, 1.165) is 24.9 Å². The predicted octanol–water partition coefficient (Wildman–Crippen LogP) is 1.25. The first-order valence-electron chi connectivity index (χ1n) is 6.62. The molecule has 1 aliphatic rings. The molecular formula is C14H20N4O. The van der Waals surface area contributed by atoms with Crippen LogP contribution in [-0.4, -0.2) is 24.5 Å². The van der Waals surface area contributed by atoms with Crippen molar-refractivity contribution < 1.29 is 4.79 Å². The highest BCUT2D eigenvalue weighted by atomic mass is 16.2. The Balaban J connectivity index is 1.80. The van der Waals surface area contributed by atoms with Crippen LogP contribution in [0.1, 0.15) is 25.3 Å². The summed E-state index contributed by atoms with van der Waals surface area (Å²) in [5.74, 6) is 0.184. The third kappa shape index (κ3) is 4.62. The zero-order valence-electron chi connectivity index (χ0n) is 11.1. The number of carbonyl (C=O) groups excluding carboxylic acids is 1. The summed E-state index contributed by atoms with van der Waals surface area (Å²) in [6, 6.07) is 8.33. The Morgan fingerprint density at radius 3 is 2.63 bits per heavy atom. The summed E-state index contributed by atoms with van der Waals surface area (Å²) in [4.78, 5) is 15.4. The van der Waals surface area contributed by atoms with Gasteiger partial charge in [-0.3, -0.25) is 4.79 Å². The minimum Gasteiger partial charge on any atom is -0.370 e. The van der Waals surface area contributed by atoms with E-state index in [1.165, 1.54) is 5.56 Å². The standard InChI is InChI=1S/C14H20N4O/c1-2-10-3-5-12(6-4-10)18-14(15)16-9-13(19)17-11-7-8-11/h3-6,11H,2,7-9H2,1H3,(H,17,19)(H3,15,16,18). The number of amides is 1. The van der Waals surface area contributed by atoms with Crippen LogP contribution in [0.4, 0.5) is 5.69 Å². The van der Waals surface area contributed by atoms with Crippen LogP contribution < -0.4 is 16.4 Å². The fraction of sp³-hybridized carbons (Fsp3) is 0.429. The van der Waals surface area contributed by atoms with E-state index in [-0.39, 0.29) is 18.4 Å². The fourth-order valence-corrected chi connectivity index (χ4v) is 1.67. The molecule has 5 nitrogen and oxygen atoms in total. The van der Waals surface area contributed by atoms with Gasteiger partial charge in [-0.15, -0.1) is 0 Å². The molecule has 1 fully saturated rings. The first kappa shape index (κ1) is 13.4. The summed E-state index contributed by atoms with van der Waals surface area (Å²) >= 11 is 0. The predicted molar refractivity (Wildman–Crippen MR) is 77.1 cm³/mol. The van der Waals surface area contributed by atoms with Crippen molar-refractivity contribution in [1.29, 1.82) is 0 Å². The maximum atomic E-state index is 11.4. The van der Waals surface area contributed by atoms with Crippen LogP contribution >= 0.6 is 0 Å². The number of carbonyl (C=O) groups is 1. The van der Waals surface area contributed by atoms with Gasteiger partial charge in [-0.05, 0) is 37.0 Å². The number of aliphatic imine (C=N–C) groups is 1. The van der Waals surface area contributed by atoms with E-state index in [9.17, 15) is 4.79 Å². The van der Waals surface area contributed by atoms with Gasteiger partial charge in [-0.1, -0.05) is 19.1 Å². The number of nitrogens with zero attached hydrogens (tertiary/aromatic N) is 1. The Morgan fingerprint density at radius 2 is 2.05 bits per heavy atom. The zero-order chi connectivity index (χ0) is 13.7. The van der Waals surface area contributed by atoms with Gasteiger partial charge in [0.05, 0.1) is 0 Å². The van der Waals surface area contributed by atoms with Crippen LogP contribution in [0.3, 0.4) is 0 Å². The SMILES string of the molecule is CCc1ccc(NC(N)=NCC(=O)NC2CC2)cc1. The number of nitrogens with two attached hydrogens (primary N) is 1. The summed E-state index contributed by atoms with van der Waals surface area (Å²) < 4.78 is 0. The van der Waals surface area contributed by atoms with E-state index in [4.69, 9.17) is 5.73 Å². The highest BCUT2D eigenvalue weighted by molar-refractivity contribution is 5.93. The first-order chi connectivity index (χ1) is 9.17. The average molecular weight is 260 g/mol. The van der Waals surface area contributed by atoms with Gasteiger partial charge in [-0.25, -0.2) is 4.99 Å². The quantitative estimate of drug-likeness (QED) is 0.550. The molecule has 2 rings (SSSR count). The molecule has 0 aromatic heterocycles. The van der Waals surface area contributed by atoms with Crippen molar-refractivity contribution in [3.8, 4) is 0 Å². The lowest BCUT2D eigenvalue weighted by Gasteiger charge is -2.06. The van der Waals surface area contributed by atoms with Gasteiger partial charge in [0.15, 0.2) is 5.96 Å². The fourth-order valence-electron chi connectivity index (χ4n) is 1.67. The first-order valence-corrected chi connectivity index (χ1v) is 6.62. The van der Waals surface area contributed by atoms with Gasteiger partial charge in [0.25, 0.3) is 0 Å². The number of guanidine groups is 1. The van der Waals surface area contributed by atoms with E-state index < -0.39 is 0 Å². The highest BCUT2D eigenvalue weighted by Gasteiger charge is 2.22. The molecule has 1 aliphatic carbocycles. The number of anilines is 1. The van der Waals surface area contributed by atoms with Crippen LogP contribution in [-0.2, 0) is 11.2 Å². The Bertz CT molecular complexity index is 463. The third-order valence-corrected chi connectivity index (χ3v) is 2.97. The van der Waals surface area contributed by atoms with Crippen molar-refractivity contribution in [3.05, 3.63) is 29.8 Å². The second-order valence-corrected chi connectivity index (χ2v) is 4.72. The molecule has 19 heavy (non-hydrogen) atoms. The van der Waals surface area contributed by atoms with Crippen molar-refractivity contribution in [2.45, 2.75) is 32.2 Å². The molecule has 0 radical (unpaired) electrons. The molecule has 1 saturated carbocycles. The number of nitrogens with one attached hydrogen (secondary N) is 2. The van der Waals surface area contributed by atoms with Gasteiger partial charge in [-0.2, -0.15) is 0 Å². The lowest BCUT2D eigenvalue weighted by atomic mass is 10.1. The maximum Gasteiger partial charge on any atom is 0.242 e. The molecule has 0 atom stereocenters. The van der Waals surface area contributed by atoms with Crippen molar-refractivity contribution in [3.63, 3.8) is 0 Å². The molecule has 0 aliphatic heterocycles. The Morgan fingerprint density at radius 1 is 1.37 bits per heavy atom. The van der Waals surface area contributed by atoms with Crippen molar-refractivity contribution in [2.75, 3.05) is 11.9 Å². The molecule has 0 spiro atoms. The molecule has 5 heteroatoms. The summed E-state index contributed by atoms with van der Waals surface area (Å²) in [5, 5.41) is 5.82. The molecule has 0 saturated heterocycles. The number of hydrogen-bond donors (Lipinski definition) is 3. The third-order valence-electron chi connectivity index (χ3n) is 2.97. The number of rotatable bonds is 5. The Labute approximate surface area is 113 Å². The molecule has 102 valence electrons. The molecule has 1 aromatic rings. The Kier molecular flexibility index (Phi) is 4.39. The number of hydrogen-bond acceptors (Lipinski definition) is 2. The molecule has 1 amide bonds. The van der Waals surface area contributed by atoms with E-state index in [1.807, 2.05) is 24.3 Å². The van der Waals surface area contributed by atoms with Crippen LogP contribution in [0, 0.1) is 0 Å². The van der Waals surface area contributed by atoms with Gasteiger partial charge in [0.1, 0.15) is 6.54 Å². The minimum absolute atomic E-state index is 0.0718. The van der Waals surface area contributed by atoms with Crippen molar-refractivity contribution in [2.24, 2.45) is 10.7 Å². The van der Waals surface area contributed by atoms with Crippen LogP contribution in [0.15, 0.2) is 29.3 Å². The van der Waals surface area contributed by atoms with E-state index in [2.05, 4.69) is 22.5 Å². The van der Waals surface area contributed by atoms with Crippen molar-refractivity contribution >= 4 is 17.6 Å². The van der Waals surface area contributed by atoms with E-state index in [1.54, 1.807) is 0 Å². The largest absolute Gasteiger partial charge is 0.370 e. The molecule has 0 bridgehead atoms. The summed E-state index contributed by atoms with van der Waals surface area (Å²) in [6.07, 6.45) is 3.16. The maximum absolute atomic E-state index is 11.4. The molecule has 1 aromatic carbocycles.